The molecule has 1 unspecified atom stereocenters. The molecule has 2 heterocycles. The van der Waals surface area contributed by atoms with Crippen molar-refractivity contribution < 1.29 is 4.52 Å². The average molecular weight is 280 g/mol. The lowest BCUT2D eigenvalue weighted by molar-refractivity contribution is 0.159. The van der Waals surface area contributed by atoms with Crippen molar-refractivity contribution in [3.8, 4) is 0 Å². The molecule has 1 atom stereocenters. The first-order valence-electron chi connectivity index (χ1n) is 7.94. The number of nitrogens with zero attached hydrogens (tertiary/aromatic N) is 3. The maximum Gasteiger partial charge on any atom is 0.226 e. The third kappa shape index (κ3) is 4.87. The highest BCUT2D eigenvalue weighted by molar-refractivity contribution is 4.88. The van der Waals surface area contributed by atoms with Crippen LogP contribution in [-0.4, -0.2) is 40.7 Å². The number of rotatable bonds is 7. The van der Waals surface area contributed by atoms with Gasteiger partial charge >= 0.3 is 0 Å². The number of likely N-dealkylation sites (tertiary alicyclic amines) is 1. The normalized spacial score (nSPS) is 20.7. The van der Waals surface area contributed by atoms with Crippen molar-refractivity contribution in [2.45, 2.75) is 59.0 Å². The van der Waals surface area contributed by atoms with E-state index < -0.39 is 0 Å². The molecule has 2 rings (SSSR count). The molecule has 1 N–H and O–H groups in total. The molecule has 0 radical (unpaired) electrons. The molecule has 5 nitrogen and oxygen atoms in total. The maximum absolute atomic E-state index is 5.25. The van der Waals surface area contributed by atoms with Crippen molar-refractivity contribution in [1.82, 2.24) is 20.4 Å². The lowest BCUT2D eigenvalue weighted by Gasteiger charge is -2.32. The molecule has 1 saturated heterocycles. The second-order valence-electron chi connectivity index (χ2n) is 6.16. The van der Waals surface area contributed by atoms with Gasteiger partial charge in [0.2, 0.25) is 5.89 Å². The zero-order valence-corrected chi connectivity index (χ0v) is 13.1. The van der Waals surface area contributed by atoms with Crippen LogP contribution in [0.25, 0.3) is 0 Å². The zero-order chi connectivity index (χ0) is 14.4. The highest BCUT2D eigenvalue weighted by Crippen LogP contribution is 2.17. The van der Waals surface area contributed by atoms with Crippen molar-refractivity contribution in [3.05, 3.63) is 11.7 Å². The molecular formula is C15H28N4O. The fourth-order valence-electron chi connectivity index (χ4n) is 2.73. The van der Waals surface area contributed by atoms with E-state index in [1.54, 1.807) is 0 Å². The van der Waals surface area contributed by atoms with Gasteiger partial charge in [-0.25, -0.2) is 0 Å². The maximum atomic E-state index is 5.25. The van der Waals surface area contributed by atoms with Gasteiger partial charge in [0.1, 0.15) is 0 Å². The van der Waals surface area contributed by atoms with E-state index in [0.29, 0.717) is 6.04 Å². The van der Waals surface area contributed by atoms with Gasteiger partial charge in [-0.1, -0.05) is 25.9 Å². The summed E-state index contributed by atoms with van der Waals surface area (Å²) in [6.45, 7) is 10.8. The number of hydrogen-bond acceptors (Lipinski definition) is 5. The van der Waals surface area contributed by atoms with Crippen molar-refractivity contribution in [2.24, 2.45) is 5.92 Å². The Kier molecular flexibility index (Phi) is 5.98. The minimum absolute atomic E-state index is 0.569. The minimum Gasteiger partial charge on any atom is -0.339 e. The summed E-state index contributed by atoms with van der Waals surface area (Å²) < 4.78 is 5.25. The molecule has 1 aliphatic rings. The van der Waals surface area contributed by atoms with E-state index in [0.717, 1.165) is 56.7 Å². The predicted octanol–water partition coefficient (Wildman–Crippen LogP) is 2.23. The second-order valence-corrected chi connectivity index (χ2v) is 6.16. The molecule has 0 aliphatic carbocycles. The largest absolute Gasteiger partial charge is 0.339 e. The Bertz CT molecular complexity index is 391. The summed E-state index contributed by atoms with van der Waals surface area (Å²) in [4.78, 5) is 6.91. The molecular weight excluding hydrogens is 252 g/mol. The summed E-state index contributed by atoms with van der Waals surface area (Å²) in [7, 11) is 0. The summed E-state index contributed by atoms with van der Waals surface area (Å²) in [5.74, 6) is 2.36. The molecule has 1 aromatic heterocycles. The van der Waals surface area contributed by atoms with E-state index >= 15 is 0 Å². The fourth-order valence-corrected chi connectivity index (χ4v) is 2.73. The molecule has 0 bridgehead atoms. The Labute approximate surface area is 122 Å². The number of aryl methyl sites for hydroxylation is 1. The summed E-state index contributed by atoms with van der Waals surface area (Å²) in [6.07, 6.45) is 4.52. The standard InChI is InChI=1S/C15H28N4O/c1-4-6-15-17-14(18-20-15)11-19-8-5-7-13(10-19)9-16-12(2)3/h12-13,16H,4-11H2,1-3H3. The molecule has 0 spiro atoms. The van der Waals surface area contributed by atoms with Gasteiger partial charge in [0.15, 0.2) is 5.82 Å². The first kappa shape index (κ1) is 15.4. The van der Waals surface area contributed by atoms with Crippen LogP contribution >= 0.6 is 0 Å². The van der Waals surface area contributed by atoms with E-state index in [1.165, 1.54) is 12.8 Å². The van der Waals surface area contributed by atoms with Crippen molar-refractivity contribution in [1.29, 1.82) is 0 Å². The van der Waals surface area contributed by atoms with Gasteiger partial charge in [0, 0.05) is 19.0 Å². The van der Waals surface area contributed by atoms with Crippen LogP contribution < -0.4 is 5.32 Å². The molecule has 0 saturated carbocycles. The predicted molar refractivity (Wildman–Crippen MR) is 79.4 cm³/mol. The van der Waals surface area contributed by atoms with Crippen molar-refractivity contribution >= 4 is 0 Å². The van der Waals surface area contributed by atoms with Crippen LogP contribution in [0.5, 0.6) is 0 Å². The van der Waals surface area contributed by atoms with Gasteiger partial charge in [-0.15, -0.1) is 0 Å². The van der Waals surface area contributed by atoms with Crippen LogP contribution in [0.4, 0.5) is 0 Å². The molecule has 5 heteroatoms. The highest BCUT2D eigenvalue weighted by atomic mass is 16.5. The van der Waals surface area contributed by atoms with Crippen LogP contribution in [-0.2, 0) is 13.0 Å². The summed E-state index contributed by atoms with van der Waals surface area (Å²) in [6, 6.07) is 0.569. The van der Waals surface area contributed by atoms with Crippen molar-refractivity contribution in [3.63, 3.8) is 0 Å². The van der Waals surface area contributed by atoms with Crippen LogP contribution in [0, 0.1) is 5.92 Å². The smallest absolute Gasteiger partial charge is 0.226 e. The Morgan fingerprint density at radius 3 is 3.05 bits per heavy atom. The molecule has 1 fully saturated rings. The Hall–Kier alpha value is -0.940. The molecule has 20 heavy (non-hydrogen) atoms. The van der Waals surface area contributed by atoms with Crippen LogP contribution in [0.1, 0.15) is 51.7 Å². The van der Waals surface area contributed by atoms with Crippen LogP contribution in [0.3, 0.4) is 0 Å². The Morgan fingerprint density at radius 2 is 2.30 bits per heavy atom. The van der Waals surface area contributed by atoms with E-state index in [4.69, 9.17) is 4.52 Å². The number of aromatic nitrogens is 2. The van der Waals surface area contributed by atoms with E-state index in [9.17, 15) is 0 Å². The van der Waals surface area contributed by atoms with Gasteiger partial charge in [0.05, 0.1) is 6.54 Å². The van der Waals surface area contributed by atoms with Gasteiger partial charge in [-0.05, 0) is 38.3 Å². The van der Waals surface area contributed by atoms with Gasteiger partial charge in [-0.2, -0.15) is 4.98 Å². The van der Waals surface area contributed by atoms with Gasteiger partial charge in [0.25, 0.3) is 0 Å². The number of nitrogens with one attached hydrogen (secondary N) is 1. The van der Waals surface area contributed by atoms with Crippen LogP contribution in [0.2, 0.25) is 0 Å². The minimum atomic E-state index is 0.569. The molecule has 1 aliphatic heterocycles. The molecule has 0 aromatic carbocycles. The molecule has 114 valence electrons. The van der Waals surface area contributed by atoms with E-state index in [2.05, 4.69) is 41.1 Å². The van der Waals surface area contributed by atoms with E-state index in [1.807, 2.05) is 0 Å². The molecule has 0 amide bonds. The third-order valence-electron chi connectivity index (χ3n) is 3.76. The lowest BCUT2D eigenvalue weighted by Crippen LogP contribution is -2.40. The number of piperidine rings is 1. The Morgan fingerprint density at radius 1 is 1.45 bits per heavy atom. The highest BCUT2D eigenvalue weighted by Gasteiger charge is 2.21. The lowest BCUT2D eigenvalue weighted by atomic mass is 9.98. The van der Waals surface area contributed by atoms with Crippen LogP contribution in [0.15, 0.2) is 4.52 Å². The summed E-state index contributed by atoms with van der Waals surface area (Å²) >= 11 is 0. The summed E-state index contributed by atoms with van der Waals surface area (Å²) in [5, 5.41) is 7.63. The van der Waals surface area contributed by atoms with Gasteiger partial charge in [-0.3, -0.25) is 4.90 Å². The van der Waals surface area contributed by atoms with Crippen molar-refractivity contribution in [2.75, 3.05) is 19.6 Å². The third-order valence-corrected chi connectivity index (χ3v) is 3.76. The zero-order valence-electron chi connectivity index (χ0n) is 13.1. The SMILES string of the molecule is CCCc1nc(CN2CCCC(CNC(C)C)C2)no1. The topological polar surface area (TPSA) is 54.2 Å². The first-order valence-corrected chi connectivity index (χ1v) is 7.94. The summed E-state index contributed by atoms with van der Waals surface area (Å²) in [5.41, 5.74) is 0. The first-order chi connectivity index (χ1) is 9.67. The van der Waals surface area contributed by atoms with E-state index in [-0.39, 0.29) is 0 Å². The number of hydrogen-bond donors (Lipinski definition) is 1. The Balaban J connectivity index is 1.79. The van der Waals surface area contributed by atoms with Gasteiger partial charge < -0.3 is 9.84 Å². The quantitative estimate of drug-likeness (QED) is 0.830. The molecule has 1 aromatic rings. The average Bonchev–Trinajstić information content (AvgIpc) is 2.85. The monoisotopic (exact) mass is 280 g/mol. The fraction of sp³-hybridized carbons (Fsp3) is 0.867. The second kappa shape index (κ2) is 7.74.